The molecule has 3 aromatic rings. The van der Waals surface area contributed by atoms with E-state index in [1.54, 1.807) is 12.1 Å². The molecule has 0 unspecified atom stereocenters. The number of nitrogens with one attached hydrogen (secondary N) is 1. The van der Waals surface area contributed by atoms with E-state index < -0.39 is 0 Å². The lowest BCUT2D eigenvalue weighted by Gasteiger charge is -2.13. The van der Waals surface area contributed by atoms with Gasteiger partial charge in [0.05, 0.1) is 11.7 Å². The van der Waals surface area contributed by atoms with E-state index in [2.05, 4.69) is 27.6 Å². The molecule has 1 heterocycles. The minimum atomic E-state index is -0.384. The third-order valence-corrected chi connectivity index (χ3v) is 5.13. The second-order valence-electron chi connectivity index (χ2n) is 7.52. The van der Waals surface area contributed by atoms with Crippen LogP contribution in [0.5, 0.6) is 5.75 Å². The fourth-order valence-electron chi connectivity index (χ4n) is 3.86. The van der Waals surface area contributed by atoms with E-state index in [1.807, 2.05) is 45.9 Å². The highest BCUT2D eigenvalue weighted by molar-refractivity contribution is 5.67. The Labute approximate surface area is 188 Å². The third-order valence-electron chi connectivity index (χ3n) is 5.13. The van der Waals surface area contributed by atoms with Crippen molar-refractivity contribution in [3.05, 3.63) is 53.1 Å². The molecule has 0 fully saturated rings. The van der Waals surface area contributed by atoms with E-state index in [1.165, 1.54) is 5.56 Å². The lowest BCUT2D eigenvalue weighted by atomic mass is 10.0. The summed E-state index contributed by atoms with van der Waals surface area (Å²) in [6, 6.07) is 13.6. The molecule has 32 heavy (non-hydrogen) atoms. The van der Waals surface area contributed by atoms with Crippen molar-refractivity contribution in [2.75, 3.05) is 13.2 Å². The van der Waals surface area contributed by atoms with Crippen LogP contribution >= 0.6 is 0 Å². The molecule has 0 bridgehead atoms. The first-order valence-corrected chi connectivity index (χ1v) is 11.1. The van der Waals surface area contributed by atoms with Gasteiger partial charge < -0.3 is 14.6 Å². The first kappa shape index (κ1) is 23.4. The summed E-state index contributed by atoms with van der Waals surface area (Å²) in [5, 5.41) is 16.9. The Morgan fingerprint density at radius 1 is 1.28 bits per heavy atom. The maximum Gasteiger partial charge on any atom is 0.258 e. The Morgan fingerprint density at radius 2 is 2.09 bits per heavy atom. The predicted molar refractivity (Wildman–Crippen MR) is 122 cm³/mol. The summed E-state index contributed by atoms with van der Waals surface area (Å²) in [6.07, 6.45) is 1.76. The molecule has 0 amide bonds. The molecule has 1 atom stereocenters. The van der Waals surface area contributed by atoms with Gasteiger partial charge in [0.15, 0.2) is 0 Å². The van der Waals surface area contributed by atoms with Gasteiger partial charge in [-0.1, -0.05) is 37.2 Å². The van der Waals surface area contributed by atoms with Crippen molar-refractivity contribution < 1.29 is 13.7 Å². The van der Waals surface area contributed by atoms with Crippen molar-refractivity contribution in [1.29, 1.82) is 5.26 Å². The van der Waals surface area contributed by atoms with Crippen molar-refractivity contribution in [2.24, 2.45) is 0 Å². The van der Waals surface area contributed by atoms with Crippen molar-refractivity contribution in [2.45, 2.75) is 52.7 Å². The number of fused-ring (bicyclic) bond motifs is 1. The second kappa shape index (κ2) is 10.9. The monoisotopic (exact) mass is 436 g/mol. The third kappa shape index (κ3) is 4.97. The fourth-order valence-corrected chi connectivity index (χ4v) is 3.86. The summed E-state index contributed by atoms with van der Waals surface area (Å²) in [6.45, 7) is 7.79. The average Bonchev–Trinajstić information content (AvgIpc) is 3.46. The zero-order valence-electron chi connectivity index (χ0n) is 19.0. The summed E-state index contributed by atoms with van der Waals surface area (Å²) >= 11 is 0. The topological polar surface area (TPSA) is 84.0 Å². The number of alkyl halides is 1. The van der Waals surface area contributed by atoms with Crippen LogP contribution in [-0.2, 0) is 6.42 Å². The van der Waals surface area contributed by atoms with Gasteiger partial charge in [-0.05, 0) is 56.0 Å². The van der Waals surface area contributed by atoms with Gasteiger partial charge in [0.1, 0.15) is 18.5 Å². The number of hydrogen-bond donors (Lipinski definition) is 1. The van der Waals surface area contributed by atoms with E-state index in [0.717, 1.165) is 24.0 Å². The molecule has 0 radical (unpaired) electrons. The first-order chi connectivity index (χ1) is 15.6. The standard InChI is InChI=1S/C23H23FN4O2.C2H6/c1-14(2)29-21-9-6-15(12-16(21)13-25)23-27-22(28-30-23)19-5-3-4-18-17(19)7-8-20(18)26-11-10-24;1-2/h3-6,9,12,14,20,26H,7-8,10-11H2,1-2H3;1-2H3/t20-;/m1./s1. The fraction of sp³-hybridized carbons (Fsp3) is 0.400. The minimum Gasteiger partial charge on any atom is -0.490 e. The molecule has 0 saturated heterocycles. The van der Waals surface area contributed by atoms with Crippen molar-refractivity contribution in [1.82, 2.24) is 15.5 Å². The molecule has 7 heteroatoms. The molecule has 0 aliphatic heterocycles. The van der Waals surface area contributed by atoms with E-state index in [-0.39, 0.29) is 18.8 Å². The zero-order valence-corrected chi connectivity index (χ0v) is 19.0. The summed E-state index contributed by atoms with van der Waals surface area (Å²) < 4.78 is 23.7. The van der Waals surface area contributed by atoms with Gasteiger partial charge in [-0.3, -0.25) is 0 Å². The molecule has 168 valence electrons. The Hall–Kier alpha value is -3.24. The summed E-state index contributed by atoms with van der Waals surface area (Å²) in [4.78, 5) is 4.57. The van der Waals surface area contributed by atoms with Crippen LogP contribution < -0.4 is 10.1 Å². The van der Waals surface area contributed by atoms with Crippen LogP contribution in [0.3, 0.4) is 0 Å². The highest BCUT2D eigenvalue weighted by Gasteiger charge is 2.26. The molecule has 2 aromatic carbocycles. The zero-order chi connectivity index (χ0) is 23.1. The molecule has 6 nitrogen and oxygen atoms in total. The highest BCUT2D eigenvalue weighted by atomic mass is 19.1. The number of hydrogen-bond acceptors (Lipinski definition) is 6. The molecule has 1 aliphatic rings. The van der Waals surface area contributed by atoms with Crippen LogP contribution in [0.1, 0.15) is 56.8 Å². The number of nitriles is 1. The highest BCUT2D eigenvalue weighted by Crippen LogP contribution is 2.37. The number of nitrogens with zero attached hydrogens (tertiary/aromatic N) is 3. The van der Waals surface area contributed by atoms with E-state index >= 15 is 0 Å². The van der Waals surface area contributed by atoms with E-state index in [9.17, 15) is 9.65 Å². The Kier molecular flexibility index (Phi) is 7.96. The SMILES string of the molecule is CC.CC(C)Oc1ccc(-c2nc(-c3cccc4c3CC[C@H]4NCCF)no2)cc1C#N. The van der Waals surface area contributed by atoms with Gasteiger partial charge in [0, 0.05) is 23.7 Å². The number of benzene rings is 2. The molecule has 0 saturated carbocycles. The smallest absolute Gasteiger partial charge is 0.258 e. The minimum absolute atomic E-state index is 0.0265. The van der Waals surface area contributed by atoms with Crippen LogP contribution in [0.25, 0.3) is 22.8 Å². The molecular formula is C25H29FN4O2. The van der Waals surface area contributed by atoms with Gasteiger partial charge in [-0.15, -0.1) is 0 Å². The maximum atomic E-state index is 12.5. The number of aromatic nitrogens is 2. The van der Waals surface area contributed by atoms with Crippen LogP contribution in [0.2, 0.25) is 0 Å². The number of rotatable bonds is 7. The number of halogens is 1. The molecule has 4 rings (SSSR count). The Morgan fingerprint density at radius 3 is 2.81 bits per heavy atom. The van der Waals surface area contributed by atoms with Crippen molar-refractivity contribution in [3.8, 4) is 34.7 Å². The Balaban J connectivity index is 0.00000141. The lowest BCUT2D eigenvalue weighted by Crippen LogP contribution is -2.21. The Bertz CT molecular complexity index is 1090. The molecule has 1 aromatic heterocycles. The summed E-state index contributed by atoms with van der Waals surface area (Å²) in [7, 11) is 0. The molecular weight excluding hydrogens is 407 g/mol. The van der Waals surface area contributed by atoms with Crippen LogP contribution in [0.4, 0.5) is 4.39 Å². The largest absolute Gasteiger partial charge is 0.490 e. The normalized spacial score (nSPS) is 14.5. The van der Waals surface area contributed by atoms with E-state index in [0.29, 0.717) is 35.1 Å². The second-order valence-corrected chi connectivity index (χ2v) is 7.52. The average molecular weight is 437 g/mol. The molecule has 0 spiro atoms. The summed E-state index contributed by atoms with van der Waals surface area (Å²) in [5.74, 6) is 1.39. The van der Waals surface area contributed by atoms with Crippen molar-refractivity contribution >= 4 is 0 Å². The van der Waals surface area contributed by atoms with Crippen LogP contribution in [0, 0.1) is 11.3 Å². The van der Waals surface area contributed by atoms with Crippen LogP contribution in [-0.4, -0.2) is 29.5 Å². The quantitative estimate of drug-likeness (QED) is 0.516. The van der Waals surface area contributed by atoms with E-state index in [4.69, 9.17) is 9.26 Å². The predicted octanol–water partition coefficient (Wildman–Crippen LogP) is 5.64. The lowest BCUT2D eigenvalue weighted by molar-refractivity contribution is 0.241. The van der Waals surface area contributed by atoms with Gasteiger partial charge >= 0.3 is 0 Å². The first-order valence-electron chi connectivity index (χ1n) is 11.1. The van der Waals surface area contributed by atoms with Gasteiger partial charge in [-0.2, -0.15) is 10.2 Å². The molecule has 1 N–H and O–H groups in total. The van der Waals surface area contributed by atoms with Gasteiger partial charge in [-0.25, -0.2) is 4.39 Å². The van der Waals surface area contributed by atoms with Crippen molar-refractivity contribution in [3.63, 3.8) is 0 Å². The summed E-state index contributed by atoms with van der Waals surface area (Å²) in [5.41, 5.74) is 4.33. The van der Waals surface area contributed by atoms with Gasteiger partial charge in [0.25, 0.3) is 5.89 Å². The number of ether oxygens (including phenoxy) is 1. The molecule has 1 aliphatic carbocycles. The van der Waals surface area contributed by atoms with Crippen LogP contribution in [0.15, 0.2) is 40.9 Å². The van der Waals surface area contributed by atoms with Gasteiger partial charge in [0.2, 0.25) is 5.82 Å². The maximum absolute atomic E-state index is 12.5.